The van der Waals surface area contributed by atoms with Crippen LogP contribution in [0.2, 0.25) is 0 Å². The number of hydrogen-bond acceptors (Lipinski definition) is 3. The fourth-order valence-electron chi connectivity index (χ4n) is 1.41. The maximum absolute atomic E-state index is 11.9. The van der Waals surface area contributed by atoms with Crippen molar-refractivity contribution in [2.75, 3.05) is 26.4 Å². The molecular weight excluding hydrogens is 260 g/mol. The molecule has 0 bridgehead atoms. The van der Waals surface area contributed by atoms with Gasteiger partial charge in [-0.2, -0.15) is 0 Å². The summed E-state index contributed by atoms with van der Waals surface area (Å²) in [6, 6.07) is 9.66. The van der Waals surface area contributed by atoms with Crippen LogP contribution in [0.4, 0.5) is 0 Å². The van der Waals surface area contributed by atoms with Crippen molar-refractivity contribution in [2.45, 2.75) is 25.8 Å². The Kier molecular flexibility index (Phi) is 5.52. The van der Waals surface area contributed by atoms with Crippen molar-refractivity contribution < 1.29 is 8.42 Å². The maximum atomic E-state index is 11.9. The number of nitrogens with zero attached hydrogens (tertiary/aromatic N) is 1. The van der Waals surface area contributed by atoms with Crippen molar-refractivity contribution in [2.24, 2.45) is 0 Å². The van der Waals surface area contributed by atoms with Gasteiger partial charge in [0.05, 0.1) is 5.75 Å². The molecule has 4 nitrogen and oxygen atoms in total. The highest BCUT2D eigenvalue weighted by Gasteiger charge is 2.22. The van der Waals surface area contributed by atoms with Gasteiger partial charge in [-0.05, 0) is 39.9 Å². The van der Waals surface area contributed by atoms with E-state index in [-0.39, 0.29) is 11.3 Å². The lowest BCUT2D eigenvalue weighted by Gasteiger charge is -2.32. The third-order valence-corrected chi connectivity index (χ3v) is 4.76. The van der Waals surface area contributed by atoms with Gasteiger partial charge in [0.25, 0.3) is 0 Å². The summed E-state index contributed by atoms with van der Waals surface area (Å²) >= 11 is 0. The Morgan fingerprint density at radius 3 is 2.26 bits per heavy atom. The van der Waals surface area contributed by atoms with Crippen LogP contribution >= 0.6 is 0 Å². The third kappa shape index (κ3) is 5.72. The van der Waals surface area contributed by atoms with Crippen molar-refractivity contribution in [3.05, 3.63) is 35.9 Å². The average molecular weight is 284 g/mol. The summed E-state index contributed by atoms with van der Waals surface area (Å²) in [6.07, 6.45) is 0.540. The summed E-state index contributed by atoms with van der Waals surface area (Å²) in [7, 11) is 0.662. The molecule has 0 spiro atoms. The molecule has 0 unspecified atom stereocenters. The van der Waals surface area contributed by atoms with Crippen LogP contribution in [0, 0.1) is 0 Å². The molecule has 0 aliphatic carbocycles. The molecule has 0 aliphatic heterocycles. The second kappa shape index (κ2) is 6.50. The van der Waals surface area contributed by atoms with Crippen LogP contribution in [-0.4, -0.2) is 45.2 Å². The van der Waals surface area contributed by atoms with E-state index in [1.165, 1.54) is 0 Å². The van der Waals surface area contributed by atoms with E-state index in [0.29, 0.717) is 13.0 Å². The highest BCUT2D eigenvalue weighted by atomic mass is 32.2. The number of hydrogen-bond donors (Lipinski definition) is 1. The molecule has 0 saturated carbocycles. The second-order valence-corrected chi connectivity index (χ2v) is 7.51. The summed E-state index contributed by atoms with van der Waals surface area (Å²) in [6.45, 7) is 4.43. The summed E-state index contributed by atoms with van der Waals surface area (Å²) in [4.78, 5) is 2.01. The van der Waals surface area contributed by atoms with Crippen LogP contribution in [0.5, 0.6) is 0 Å². The number of rotatable bonds is 7. The van der Waals surface area contributed by atoms with E-state index < -0.39 is 10.0 Å². The minimum Gasteiger partial charge on any atom is -0.303 e. The molecule has 108 valence electrons. The van der Waals surface area contributed by atoms with Gasteiger partial charge in [0, 0.05) is 12.1 Å². The van der Waals surface area contributed by atoms with Crippen LogP contribution in [-0.2, 0) is 16.4 Å². The predicted octanol–water partition coefficient (Wildman–Crippen LogP) is 1.49. The molecule has 0 fully saturated rings. The highest BCUT2D eigenvalue weighted by Crippen LogP contribution is 2.09. The van der Waals surface area contributed by atoms with Crippen molar-refractivity contribution >= 4 is 10.0 Å². The minimum absolute atomic E-state index is 0.126. The number of nitrogens with one attached hydrogen (secondary N) is 1. The predicted molar refractivity (Wildman–Crippen MR) is 79.7 cm³/mol. The molecule has 0 aromatic heterocycles. The molecule has 5 heteroatoms. The molecule has 0 saturated heterocycles. The Morgan fingerprint density at radius 1 is 1.16 bits per heavy atom. The van der Waals surface area contributed by atoms with Gasteiger partial charge in [-0.1, -0.05) is 30.3 Å². The third-order valence-electron chi connectivity index (χ3n) is 3.44. The van der Waals surface area contributed by atoms with Crippen molar-refractivity contribution in [3.63, 3.8) is 0 Å². The smallest absolute Gasteiger partial charge is 0.211 e. The van der Waals surface area contributed by atoms with Crippen LogP contribution in [0.25, 0.3) is 0 Å². The Balaban J connectivity index is 2.49. The van der Waals surface area contributed by atoms with Crippen LogP contribution in [0.15, 0.2) is 30.3 Å². The maximum Gasteiger partial charge on any atom is 0.211 e. The summed E-state index contributed by atoms with van der Waals surface area (Å²) < 4.78 is 26.6. The van der Waals surface area contributed by atoms with Crippen molar-refractivity contribution in [3.8, 4) is 0 Å². The SMILES string of the molecule is CN(C)C(C)(C)CNS(=O)(=O)CCc1ccccc1. The molecule has 0 amide bonds. The highest BCUT2D eigenvalue weighted by molar-refractivity contribution is 7.89. The van der Waals surface area contributed by atoms with Crippen molar-refractivity contribution in [1.29, 1.82) is 0 Å². The van der Waals surface area contributed by atoms with E-state index in [9.17, 15) is 8.42 Å². The minimum atomic E-state index is -3.22. The zero-order valence-electron chi connectivity index (χ0n) is 12.2. The lowest BCUT2D eigenvalue weighted by Crippen LogP contribution is -2.48. The van der Waals surface area contributed by atoms with E-state index in [1.54, 1.807) is 0 Å². The van der Waals surface area contributed by atoms with Gasteiger partial charge in [-0.25, -0.2) is 13.1 Å². The van der Waals surface area contributed by atoms with Gasteiger partial charge in [0.1, 0.15) is 0 Å². The van der Waals surface area contributed by atoms with Crippen LogP contribution in [0.3, 0.4) is 0 Å². The van der Waals surface area contributed by atoms with Gasteiger partial charge < -0.3 is 4.90 Å². The molecule has 1 rings (SSSR count). The quantitative estimate of drug-likeness (QED) is 0.825. The molecule has 0 aliphatic rings. The van der Waals surface area contributed by atoms with Gasteiger partial charge in [-0.3, -0.25) is 0 Å². The Labute approximate surface area is 116 Å². The van der Waals surface area contributed by atoms with Gasteiger partial charge in [0.2, 0.25) is 10.0 Å². The fourth-order valence-corrected chi connectivity index (χ4v) is 2.64. The molecule has 0 atom stereocenters. The molecule has 1 aromatic rings. The summed E-state index contributed by atoms with van der Waals surface area (Å²) in [5.74, 6) is 0.126. The summed E-state index contributed by atoms with van der Waals surface area (Å²) in [5, 5.41) is 0. The van der Waals surface area contributed by atoms with Crippen LogP contribution < -0.4 is 4.72 Å². The Bertz CT molecular complexity index is 481. The second-order valence-electron chi connectivity index (χ2n) is 5.58. The van der Waals surface area contributed by atoms with Crippen molar-refractivity contribution in [1.82, 2.24) is 9.62 Å². The molecule has 0 heterocycles. The van der Waals surface area contributed by atoms with Gasteiger partial charge in [-0.15, -0.1) is 0 Å². The normalized spacial score (nSPS) is 12.9. The molecular formula is C14H24N2O2S. The summed E-state index contributed by atoms with van der Waals surface area (Å²) in [5.41, 5.74) is 0.847. The van der Waals surface area contributed by atoms with E-state index in [1.807, 2.05) is 63.2 Å². The first-order valence-corrected chi connectivity index (χ1v) is 8.07. The Hall–Kier alpha value is -0.910. The first-order valence-electron chi connectivity index (χ1n) is 6.42. The van der Waals surface area contributed by atoms with E-state index >= 15 is 0 Å². The van der Waals surface area contributed by atoms with E-state index in [0.717, 1.165) is 5.56 Å². The number of aryl methyl sites for hydroxylation is 1. The number of benzene rings is 1. The zero-order chi connectivity index (χ0) is 14.5. The first kappa shape index (κ1) is 16.1. The number of likely N-dealkylation sites (N-methyl/N-ethyl adjacent to an activating group) is 1. The van der Waals surface area contributed by atoms with Crippen LogP contribution in [0.1, 0.15) is 19.4 Å². The molecule has 1 aromatic carbocycles. The molecule has 1 N–H and O–H groups in total. The fraction of sp³-hybridized carbons (Fsp3) is 0.571. The molecule has 0 radical (unpaired) electrons. The largest absolute Gasteiger partial charge is 0.303 e. The Morgan fingerprint density at radius 2 is 1.74 bits per heavy atom. The zero-order valence-corrected chi connectivity index (χ0v) is 13.0. The van der Waals surface area contributed by atoms with E-state index in [4.69, 9.17) is 0 Å². The van der Waals surface area contributed by atoms with Gasteiger partial charge in [0.15, 0.2) is 0 Å². The lowest BCUT2D eigenvalue weighted by molar-refractivity contribution is 0.199. The topological polar surface area (TPSA) is 49.4 Å². The number of sulfonamides is 1. The standard InChI is InChI=1S/C14H24N2O2S/c1-14(2,16(3)4)12-15-19(17,18)11-10-13-8-6-5-7-9-13/h5-9,15H,10-12H2,1-4H3. The van der Waals surface area contributed by atoms with E-state index in [2.05, 4.69) is 4.72 Å². The van der Waals surface area contributed by atoms with Gasteiger partial charge >= 0.3 is 0 Å². The molecule has 19 heavy (non-hydrogen) atoms. The monoisotopic (exact) mass is 284 g/mol. The first-order chi connectivity index (χ1) is 8.73. The average Bonchev–Trinajstić information content (AvgIpc) is 2.36. The lowest BCUT2D eigenvalue weighted by atomic mass is 10.1.